The van der Waals surface area contributed by atoms with E-state index in [9.17, 15) is 9.59 Å². The van der Waals surface area contributed by atoms with E-state index in [4.69, 9.17) is 9.47 Å². The number of carbonyl (C=O) groups excluding carboxylic acids is 2. The van der Waals surface area contributed by atoms with Gasteiger partial charge in [-0.2, -0.15) is 0 Å². The number of amides is 2. The first-order valence-electron chi connectivity index (χ1n) is 8.64. The fraction of sp³-hybridized carbons (Fsp3) is 0.316. The van der Waals surface area contributed by atoms with Gasteiger partial charge in [0, 0.05) is 17.3 Å². The number of fused-ring (bicyclic) bond motifs is 1. The largest absolute Gasteiger partial charge is 0.497 e. The maximum Gasteiger partial charge on any atom is 0.234 e. The fourth-order valence-electron chi connectivity index (χ4n) is 4.25. The van der Waals surface area contributed by atoms with E-state index >= 15 is 0 Å². The molecule has 27 heavy (non-hydrogen) atoms. The summed E-state index contributed by atoms with van der Waals surface area (Å²) < 4.78 is 11.3. The third-order valence-corrected chi connectivity index (χ3v) is 6.14. The van der Waals surface area contributed by atoms with Gasteiger partial charge in [0.25, 0.3) is 0 Å². The summed E-state index contributed by atoms with van der Waals surface area (Å²) in [5, 5.41) is 5.13. The molecule has 2 amide bonds. The van der Waals surface area contributed by atoms with E-state index in [0.29, 0.717) is 11.7 Å². The van der Waals surface area contributed by atoms with Crippen molar-refractivity contribution in [2.24, 2.45) is 11.8 Å². The maximum absolute atomic E-state index is 13.2. The number of hydrogen-bond donors (Lipinski definition) is 1. The molecule has 7 nitrogen and oxygen atoms in total. The molecule has 1 aromatic heterocycles. The second kappa shape index (κ2) is 5.90. The minimum Gasteiger partial charge on any atom is -0.497 e. The van der Waals surface area contributed by atoms with Crippen LogP contribution in [0.3, 0.4) is 0 Å². The van der Waals surface area contributed by atoms with E-state index in [1.54, 1.807) is 23.6 Å². The van der Waals surface area contributed by atoms with Crippen molar-refractivity contribution in [3.8, 4) is 5.75 Å². The van der Waals surface area contributed by atoms with E-state index in [0.717, 1.165) is 11.4 Å². The first-order valence-corrected chi connectivity index (χ1v) is 9.52. The molecule has 3 aliphatic rings. The number of nitrogens with zero attached hydrogens (tertiary/aromatic N) is 2. The van der Waals surface area contributed by atoms with Crippen molar-refractivity contribution in [1.82, 2.24) is 4.98 Å². The van der Waals surface area contributed by atoms with E-state index in [1.807, 2.05) is 36.4 Å². The van der Waals surface area contributed by atoms with Crippen LogP contribution in [0.2, 0.25) is 0 Å². The smallest absolute Gasteiger partial charge is 0.234 e. The van der Waals surface area contributed by atoms with E-state index in [2.05, 4.69) is 10.3 Å². The molecule has 0 unspecified atom stereocenters. The number of hydrogen-bond acceptors (Lipinski definition) is 6. The van der Waals surface area contributed by atoms with Crippen LogP contribution < -0.4 is 15.0 Å². The zero-order valence-corrected chi connectivity index (χ0v) is 15.3. The van der Waals surface area contributed by atoms with Crippen LogP contribution in [-0.4, -0.2) is 42.2 Å². The normalized spacial score (nSPS) is 30.6. The SMILES string of the molecule is COc1ccc(N2C[C@@]34C=C[C@H](O3)[C@@H](C(=O)Nc3nccs3)[C@@H]4C2=O)cc1. The van der Waals surface area contributed by atoms with Crippen molar-refractivity contribution >= 4 is 34.0 Å². The highest BCUT2D eigenvalue weighted by molar-refractivity contribution is 7.13. The van der Waals surface area contributed by atoms with Gasteiger partial charge < -0.3 is 19.7 Å². The predicted molar refractivity (Wildman–Crippen MR) is 99.8 cm³/mol. The Hall–Kier alpha value is -2.71. The highest BCUT2D eigenvalue weighted by atomic mass is 32.1. The van der Waals surface area contributed by atoms with Crippen molar-refractivity contribution in [2.75, 3.05) is 23.9 Å². The summed E-state index contributed by atoms with van der Waals surface area (Å²) in [7, 11) is 1.60. The lowest BCUT2D eigenvalue weighted by atomic mass is 9.77. The molecular formula is C19H17N3O4S. The summed E-state index contributed by atoms with van der Waals surface area (Å²) in [6.45, 7) is 0.400. The second-order valence-corrected chi connectivity index (χ2v) is 7.74. The van der Waals surface area contributed by atoms with Gasteiger partial charge in [-0.3, -0.25) is 9.59 Å². The van der Waals surface area contributed by atoms with E-state index in [-0.39, 0.29) is 17.9 Å². The number of thiazole rings is 1. The molecule has 8 heteroatoms. The van der Waals surface area contributed by atoms with Gasteiger partial charge in [0.1, 0.15) is 11.4 Å². The third kappa shape index (κ3) is 2.40. The molecule has 1 aromatic carbocycles. The van der Waals surface area contributed by atoms with Crippen molar-refractivity contribution in [3.63, 3.8) is 0 Å². The molecule has 1 spiro atoms. The Balaban J connectivity index is 1.44. The Bertz CT molecular complexity index is 927. The molecule has 0 saturated carbocycles. The highest BCUT2D eigenvalue weighted by Crippen LogP contribution is 2.52. The predicted octanol–water partition coefficient (Wildman–Crippen LogP) is 2.08. The van der Waals surface area contributed by atoms with E-state index in [1.165, 1.54) is 11.3 Å². The molecule has 1 N–H and O–H groups in total. The number of aromatic nitrogens is 1. The van der Waals surface area contributed by atoms with Crippen LogP contribution in [0.1, 0.15) is 0 Å². The van der Waals surface area contributed by atoms with Crippen molar-refractivity contribution < 1.29 is 19.1 Å². The van der Waals surface area contributed by atoms with Gasteiger partial charge >= 0.3 is 0 Å². The molecule has 2 fully saturated rings. The lowest BCUT2D eigenvalue weighted by Crippen LogP contribution is -2.41. The van der Waals surface area contributed by atoms with Gasteiger partial charge in [0.15, 0.2) is 5.13 Å². The monoisotopic (exact) mass is 383 g/mol. The average Bonchev–Trinajstić information content (AvgIpc) is 3.44. The number of benzene rings is 1. The molecule has 2 aromatic rings. The Labute approximate surface area is 159 Å². The summed E-state index contributed by atoms with van der Waals surface area (Å²) in [5.74, 6) is -0.687. The number of ether oxygens (including phenoxy) is 2. The quantitative estimate of drug-likeness (QED) is 0.818. The van der Waals surface area contributed by atoms with Gasteiger partial charge in [-0.05, 0) is 24.3 Å². The maximum atomic E-state index is 13.2. The molecule has 138 valence electrons. The number of rotatable bonds is 4. The Kier molecular flexibility index (Phi) is 3.60. The first-order chi connectivity index (χ1) is 13.1. The minimum absolute atomic E-state index is 0.0914. The molecule has 0 radical (unpaired) electrons. The number of methoxy groups -OCH3 is 1. The van der Waals surface area contributed by atoms with Crippen molar-refractivity contribution in [3.05, 3.63) is 48.0 Å². The lowest BCUT2D eigenvalue weighted by molar-refractivity contribution is -0.128. The second-order valence-electron chi connectivity index (χ2n) is 6.85. The van der Waals surface area contributed by atoms with Gasteiger partial charge in [-0.25, -0.2) is 4.98 Å². The molecule has 4 atom stereocenters. The van der Waals surface area contributed by atoms with Crippen molar-refractivity contribution in [2.45, 2.75) is 11.7 Å². The van der Waals surface area contributed by atoms with Gasteiger partial charge in [-0.1, -0.05) is 12.2 Å². The topological polar surface area (TPSA) is 80.8 Å². The minimum atomic E-state index is -0.743. The van der Waals surface area contributed by atoms with Gasteiger partial charge in [-0.15, -0.1) is 11.3 Å². The van der Waals surface area contributed by atoms with Crippen LogP contribution in [0.5, 0.6) is 5.75 Å². The third-order valence-electron chi connectivity index (χ3n) is 5.45. The summed E-state index contributed by atoms with van der Waals surface area (Å²) in [6.07, 6.45) is 5.09. The molecule has 2 bridgehead atoms. The summed E-state index contributed by atoms with van der Waals surface area (Å²) >= 11 is 1.35. The summed E-state index contributed by atoms with van der Waals surface area (Å²) in [4.78, 5) is 31.9. The standard InChI is InChI=1S/C19H17N3O4S/c1-25-12-4-2-11(3-5-12)22-10-19-7-6-13(26-19)14(15(19)17(22)24)16(23)21-18-20-8-9-27-18/h2-9,13-15H,10H2,1H3,(H,20,21,23)/t13-,14+,15+,19+/m0/s1. The molecular weight excluding hydrogens is 366 g/mol. The average molecular weight is 383 g/mol. The van der Waals surface area contributed by atoms with Gasteiger partial charge in [0.2, 0.25) is 11.8 Å². The van der Waals surface area contributed by atoms with Crippen LogP contribution in [0.25, 0.3) is 0 Å². The van der Waals surface area contributed by atoms with Crippen LogP contribution in [0.15, 0.2) is 48.0 Å². The lowest BCUT2D eigenvalue weighted by Gasteiger charge is -2.22. The van der Waals surface area contributed by atoms with Crippen molar-refractivity contribution in [1.29, 1.82) is 0 Å². The zero-order chi connectivity index (χ0) is 18.6. The molecule has 2 saturated heterocycles. The number of nitrogens with one attached hydrogen (secondary N) is 1. The summed E-state index contributed by atoms with van der Waals surface area (Å²) in [5.41, 5.74) is 0.0242. The molecule has 3 aliphatic heterocycles. The fourth-order valence-corrected chi connectivity index (χ4v) is 4.78. The van der Waals surface area contributed by atoms with E-state index < -0.39 is 17.4 Å². The highest BCUT2D eigenvalue weighted by Gasteiger charge is 2.67. The number of anilines is 2. The van der Waals surface area contributed by atoms with Crippen LogP contribution in [-0.2, 0) is 14.3 Å². The number of carbonyl (C=O) groups is 2. The van der Waals surface area contributed by atoms with Crippen LogP contribution >= 0.6 is 11.3 Å². The zero-order valence-electron chi connectivity index (χ0n) is 14.5. The van der Waals surface area contributed by atoms with Crippen LogP contribution in [0.4, 0.5) is 10.8 Å². The molecule has 4 heterocycles. The molecule has 5 rings (SSSR count). The Morgan fingerprint density at radius 2 is 2.22 bits per heavy atom. The Morgan fingerprint density at radius 1 is 1.41 bits per heavy atom. The first kappa shape index (κ1) is 16.5. The molecule has 0 aliphatic carbocycles. The Morgan fingerprint density at radius 3 is 2.93 bits per heavy atom. The summed E-state index contributed by atoms with van der Waals surface area (Å²) in [6, 6.07) is 7.31. The van der Waals surface area contributed by atoms with Crippen LogP contribution in [0, 0.1) is 11.8 Å². The van der Waals surface area contributed by atoms with Gasteiger partial charge in [0.05, 0.1) is 31.6 Å².